The molecule has 1 aromatic heterocycles. The highest BCUT2D eigenvalue weighted by atomic mass is 15.3. The highest BCUT2D eigenvalue weighted by molar-refractivity contribution is 5.57. The van der Waals surface area contributed by atoms with Crippen molar-refractivity contribution in [3.63, 3.8) is 0 Å². The maximum absolute atomic E-state index is 5.46. The maximum atomic E-state index is 5.46. The van der Waals surface area contributed by atoms with Gasteiger partial charge >= 0.3 is 0 Å². The molecule has 0 bridgehead atoms. The Labute approximate surface area is 113 Å². The first-order valence-corrected chi connectivity index (χ1v) is 6.25. The number of rotatable bonds is 4. The number of nitrogens with two attached hydrogens (primary N) is 1. The lowest BCUT2D eigenvalue weighted by Crippen LogP contribution is -2.15. The normalized spacial score (nSPS) is 12.0. The van der Waals surface area contributed by atoms with Crippen LogP contribution in [0, 0.1) is 13.8 Å². The van der Waals surface area contributed by atoms with Crippen molar-refractivity contribution < 1.29 is 0 Å². The Kier molecular flexibility index (Phi) is 3.97. The zero-order chi connectivity index (χ0) is 13.8. The number of nitrogens with zero attached hydrogens (tertiary/aromatic N) is 2. The molecule has 0 aliphatic carbocycles. The Balaban J connectivity index is 2.26. The van der Waals surface area contributed by atoms with Gasteiger partial charge in [-0.3, -0.25) is 0 Å². The van der Waals surface area contributed by atoms with Crippen LogP contribution in [0.2, 0.25) is 0 Å². The Morgan fingerprint density at radius 1 is 1.05 bits per heavy atom. The van der Waals surface area contributed by atoms with E-state index in [2.05, 4.69) is 39.8 Å². The van der Waals surface area contributed by atoms with Crippen molar-refractivity contribution in [1.82, 2.24) is 9.97 Å². The predicted molar refractivity (Wildman–Crippen MR) is 77.8 cm³/mol. The number of hydrogen-bond donors (Lipinski definition) is 3. The molecule has 0 saturated carbocycles. The van der Waals surface area contributed by atoms with Crippen molar-refractivity contribution in [1.29, 1.82) is 0 Å². The molecular formula is C14H19N5. The zero-order valence-electron chi connectivity index (χ0n) is 11.4. The maximum Gasteiger partial charge on any atom is 0.148 e. The lowest BCUT2D eigenvalue weighted by molar-refractivity contribution is 0.862. The second kappa shape index (κ2) is 5.67. The number of hydrazine groups is 1. The fourth-order valence-corrected chi connectivity index (χ4v) is 1.94. The van der Waals surface area contributed by atoms with Gasteiger partial charge in [0, 0.05) is 11.6 Å². The molecule has 0 amide bonds. The third kappa shape index (κ3) is 3.00. The number of anilines is 2. The topological polar surface area (TPSA) is 75.9 Å². The number of nitrogens with one attached hydrogen (secondary N) is 2. The SMILES string of the molecule is Cc1nc(NN)c(C)c(NC(C)c2ccccc2)n1. The van der Waals surface area contributed by atoms with Crippen LogP contribution in [0.3, 0.4) is 0 Å². The van der Waals surface area contributed by atoms with Crippen LogP contribution < -0.4 is 16.6 Å². The summed E-state index contributed by atoms with van der Waals surface area (Å²) in [5.74, 6) is 7.60. The second-order valence-corrected chi connectivity index (χ2v) is 4.51. The molecule has 1 aromatic carbocycles. The summed E-state index contributed by atoms with van der Waals surface area (Å²) in [5.41, 5.74) is 4.72. The molecule has 2 aromatic rings. The first-order valence-electron chi connectivity index (χ1n) is 6.25. The fourth-order valence-electron chi connectivity index (χ4n) is 1.94. The van der Waals surface area contributed by atoms with Gasteiger partial charge in [0.25, 0.3) is 0 Å². The van der Waals surface area contributed by atoms with Crippen LogP contribution in [-0.2, 0) is 0 Å². The highest BCUT2D eigenvalue weighted by Crippen LogP contribution is 2.23. The minimum absolute atomic E-state index is 0.167. The second-order valence-electron chi connectivity index (χ2n) is 4.51. The molecule has 19 heavy (non-hydrogen) atoms. The average Bonchev–Trinajstić information content (AvgIpc) is 2.43. The van der Waals surface area contributed by atoms with Gasteiger partial charge in [-0.1, -0.05) is 30.3 Å². The number of benzene rings is 1. The van der Waals surface area contributed by atoms with Crippen LogP contribution in [0.15, 0.2) is 30.3 Å². The summed E-state index contributed by atoms with van der Waals surface area (Å²) in [6.45, 7) is 5.88. The molecule has 1 atom stereocenters. The molecule has 0 aliphatic rings. The van der Waals surface area contributed by atoms with E-state index in [1.165, 1.54) is 5.56 Å². The molecule has 1 heterocycles. The Morgan fingerprint density at radius 3 is 2.32 bits per heavy atom. The lowest BCUT2D eigenvalue weighted by atomic mass is 10.1. The van der Waals surface area contributed by atoms with Crippen LogP contribution in [0.4, 0.5) is 11.6 Å². The summed E-state index contributed by atoms with van der Waals surface area (Å²) in [5, 5.41) is 3.40. The third-order valence-corrected chi connectivity index (χ3v) is 3.05. The van der Waals surface area contributed by atoms with Gasteiger partial charge in [-0.05, 0) is 26.3 Å². The van der Waals surface area contributed by atoms with Crippen LogP contribution in [-0.4, -0.2) is 9.97 Å². The molecule has 0 radical (unpaired) electrons. The molecule has 5 nitrogen and oxygen atoms in total. The summed E-state index contributed by atoms with van der Waals surface area (Å²) in [6.07, 6.45) is 0. The summed E-state index contributed by atoms with van der Waals surface area (Å²) in [6, 6.07) is 10.4. The number of nitrogen functional groups attached to an aromatic ring is 1. The zero-order valence-corrected chi connectivity index (χ0v) is 11.4. The molecule has 0 saturated heterocycles. The molecule has 0 fully saturated rings. The van der Waals surface area contributed by atoms with Crippen molar-refractivity contribution >= 4 is 11.6 Å². The van der Waals surface area contributed by atoms with E-state index in [9.17, 15) is 0 Å². The van der Waals surface area contributed by atoms with Crippen molar-refractivity contribution in [2.45, 2.75) is 26.8 Å². The van der Waals surface area contributed by atoms with Crippen molar-refractivity contribution in [2.24, 2.45) is 5.84 Å². The van der Waals surface area contributed by atoms with E-state index in [-0.39, 0.29) is 6.04 Å². The largest absolute Gasteiger partial charge is 0.363 e. The molecule has 0 aliphatic heterocycles. The molecule has 100 valence electrons. The van der Waals surface area contributed by atoms with Crippen LogP contribution in [0.5, 0.6) is 0 Å². The predicted octanol–water partition coefficient (Wildman–Crippen LogP) is 2.55. The van der Waals surface area contributed by atoms with Gasteiger partial charge < -0.3 is 10.7 Å². The number of aromatic nitrogens is 2. The fraction of sp³-hybridized carbons (Fsp3) is 0.286. The van der Waals surface area contributed by atoms with Gasteiger partial charge in [0.2, 0.25) is 0 Å². The summed E-state index contributed by atoms with van der Waals surface area (Å²) in [4.78, 5) is 8.67. The van der Waals surface area contributed by atoms with Crippen LogP contribution >= 0.6 is 0 Å². The molecule has 2 rings (SSSR count). The van der Waals surface area contributed by atoms with Crippen molar-refractivity contribution in [3.05, 3.63) is 47.3 Å². The van der Waals surface area contributed by atoms with Gasteiger partial charge in [-0.15, -0.1) is 0 Å². The van der Waals surface area contributed by atoms with Crippen molar-refractivity contribution in [3.8, 4) is 0 Å². The van der Waals surface area contributed by atoms with E-state index in [0.717, 1.165) is 11.4 Å². The van der Waals surface area contributed by atoms with E-state index >= 15 is 0 Å². The first-order chi connectivity index (χ1) is 9.11. The minimum Gasteiger partial charge on any atom is -0.363 e. The number of aryl methyl sites for hydroxylation is 1. The van der Waals surface area contributed by atoms with Gasteiger partial charge in [0.05, 0.1) is 0 Å². The monoisotopic (exact) mass is 257 g/mol. The Hall–Kier alpha value is -2.14. The first kappa shape index (κ1) is 13.3. The van der Waals surface area contributed by atoms with E-state index < -0.39 is 0 Å². The quantitative estimate of drug-likeness (QED) is 0.579. The van der Waals surface area contributed by atoms with Crippen molar-refractivity contribution in [2.75, 3.05) is 10.7 Å². The lowest BCUT2D eigenvalue weighted by Gasteiger charge is -2.18. The Bertz CT molecular complexity index is 553. The van der Waals surface area contributed by atoms with Gasteiger partial charge in [0.1, 0.15) is 17.5 Å². The van der Waals surface area contributed by atoms with Gasteiger partial charge in [-0.25, -0.2) is 15.8 Å². The molecule has 1 unspecified atom stereocenters. The summed E-state index contributed by atoms with van der Waals surface area (Å²) >= 11 is 0. The summed E-state index contributed by atoms with van der Waals surface area (Å²) in [7, 11) is 0. The summed E-state index contributed by atoms with van der Waals surface area (Å²) < 4.78 is 0. The van der Waals surface area contributed by atoms with Crippen LogP contribution in [0.25, 0.3) is 0 Å². The van der Waals surface area contributed by atoms with Gasteiger partial charge in [0.15, 0.2) is 0 Å². The smallest absolute Gasteiger partial charge is 0.148 e. The highest BCUT2D eigenvalue weighted by Gasteiger charge is 2.11. The van der Waals surface area contributed by atoms with Crippen LogP contribution in [0.1, 0.15) is 29.9 Å². The molecule has 5 heteroatoms. The van der Waals surface area contributed by atoms with E-state index in [1.54, 1.807) is 0 Å². The van der Waals surface area contributed by atoms with Gasteiger partial charge in [-0.2, -0.15) is 0 Å². The van der Waals surface area contributed by atoms with E-state index in [0.29, 0.717) is 11.6 Å². The van der Waals surface area contributed by atoms with E-state index in [1.807, 2.05) is 32.0 Å². The number of hydrogen-bond acceptors (Lipinski definition) is 5. The standard InChI is InChI=1S/C14H19N5/c1-9-13(17-11(3)18-14(9)19-15)16-10(2)12-7-5-4-6-8-12/h4-8,10H,15H2,1-3H3,(H2,16,17,18,19). The molecule has 4 N–H and O–H groups in total. The molecular weight excluding hydrogens is 238 g/mol. The minimum atomic E-state index is 0.167. The average molecular weight is 257 g/mol. The Morgan fingerprint density at radius 2 is 1.68 bits per heavy atom. The third-order valence-electron chi connectivity index (χ3n) is 3.05. The molecule has 0 spiro atoms. The van der Waals surface area contributed by atoms with E-state index in [4.69, 9.17) is 5.84 Å².